The number of halogens is 1. The summed E-state index contributed by atoms with van der Waals surface area (Å²) in [5, 5.41) is 0. The van der Waals surface area contributed by atoms with Gasteiger partial charge in [0, 0.05) is 0 Å². The van der Waals surface area contributed by atoms with Crippen LogP contribution in [0.3, 0.4) is 0 Å². The summed E-state index contributed by atoms with van der Waals surface area (Å²) in [4.78, 5) is 0. The number of hydrogen-bond donors (Lipinski definition) is 0. The molecule has 0 aliphatic carbocycles. The minimum atomic E-state index is -2.90. The second-order valence-corrected chi connectivity index (χ2v) is 12.0. The van der Waals surface area contributed by atoms with Gasteiger partial charge in [-0.15, -0.1) is 0 Å². The summed E-state index contributed by atoms with van der Waals surface area (Å²) in [7, 11) is 0. The zero-order chi connectivity index (χ0) is 14.1. The van der Waals surface area contributed by atoms with Crippen LogP contribution in [0.5, 0.6) is 0 Å². The Balaban J connectivity index is 4.94. The molecule has 0 saturated heterocycles. The zero-order valence-electron chi connectivity index (χ0n) is 13.5. The maximum absolute atomic E-state index is 16.1. The van der Waals surface area contributed by atoms with E-state index in [0.29, 0.717) is 5.92 Å². The topological polar surface area (TPSA) is 0 Å². The van der Waals surface area contributed by atoms with Gasteiger partial charge in [0.2, 0.25) is 0 Å². The molecular weight excluding hydrogens is 242 g/mol. The van der Waals surface area contributed by atoms with Crippen molar-refractivity contribution in [3.05, 3.63) is 0 Å². The molecular formula is C16H36FP. The van der Waals surface area contributed by atoms with Crippen LogP contribution in [0.15, 0.2) is 0 Å². The first-order chi connectivity index (χ1) is 8.40. The van der Waals surface area contributed by atoms with Crippen LogP contribution in [0, 0.1) is 5.92 Å². The summed E-state index contributed by atoms with van der Waals surface area (Å²) >= 11 is 0. The molecule has 0 bridgehead atoms. The zero-order valence-corrected chi connectivity index (χ0v) is 14.4. The van der Waals surface area contributed by atoms with Gasteiger partial charge in [0.1, 0.15) is 0 Å². The average Bonchev–Trinajstić information content (AvgIpc) is 2.32. The summed E-state index contributed by atoms with van der Waals surface area (Å²) in [6.45, 7) is 8.07. The van der Waals surface area contributed by atoms with Crippen molar-refractivity contribution >= 4 is 6.91 Å². The monoisotopic (exact) mass is 278 g/mol. The molecule has 0 aliphatic rings. The molecule has 2 heteroatoms. The normalized spacial score (nSPS) is 14.7. The first-order valence-electron chi connectivity index (χ1n) is 8.12. The van der Waals surface area contributed by atoms with Gasteiger partial charge in [-0.25, -0.2) is 0 Å². The summed E-state index contributed by atoms with van der Waals surface area (Å²) in [5.74, 6) is 0.512. The fourth-order valence-electron chi connectivity index (χ4n) is 3.18. The van der Waals surface area contributed by atoms with Crippen LogP contribution < -0.4 is 0 Å². The van der Waals surface area contributed by atoms with Gasteiger partial charge in [-0.1, -0.05) is 0 Å². The number of unbranched alkanes of at least 4 members (excludes halogenated alkanes) is 3. The van der Waals surface area contributed by atoms with Crippen LogP contribution in [-0.2, 0) is 0 Å². The first kappa shape index (κ1) is 18.4. The van der Waals surface area contributed by atoms with Crippen molar-refractivity contribution in [1.82, 2.24) is 0 Å². The van der Waals surface area contributed by atoms with Gasteiger partial charge >= 0.3 is 115 Å². The molecule has 0 fully saturated rings. The molecule has 18 heavy (non-hydrogen) atoms. The number of hydrogen-bond acceptors (Lipinski definition) is 0. The van der Waals surface area contributed by atoms with Gasteiger partial charge in [-0.3, -0.25) is 0 Å². The Kier molecular flexibility index (Phi) is 8.69. The van der Waals surface area contributed by atoms with Gasteiger partial charge in [0.25, 0.3) is 0 Å². The van der Waals surface area contributed by atoms with Gasteiger partial charge in [0.15, 0.2) is 0 Å². The van der Waals surface area contributed by atoms with Crippen molar-refractivity contribution in [2.75, 3.05) is 24.6 Å². The predicted molar refractivity (Wildman–Crippen MR) is 87.1 cm³/mol. The van der Waals surface area contributed by atoms with Crippen LogP contribution in [0.2, 0.25) is 0 Å². The van der Waals surface area contributed by atoms with Crippen LogP contribution in [-0.4, -0.2) is 24.6 Å². The van der Waals surface area contributed by atoms with Crippen molar-refractivity contribution in [2.45, 2.75) is 73.1 Å². The van der Waals surface area contributed by atoms with Crippen molar-refractivity contribution in [3.63, 3.8) is 0 Å². The van der Waals surface area contributed by atoms with Gasteiger partial charge < -0.3 is 0 Å². The van der Waals surface area contributed by atoms with Crippen LogP contribution in [0.25, 0.3) is 0 Å². The Morgan fingerprint density at radius 1 is 0.778 bits per heavy atom. The van der Waals surface area contributed by atoms with Gasteiger partial charge in [0.05, 0.1) is 0 Å². The van der Waals surface area contributed by atoms with E-state index in [1.54, 1.807) is 0 Å². The van der Waals surface area contributed by atoms with Crippen LogP contribution in [0.1, 0.15) is 73.1 Å². The van der Waals surface area contributed by atoms with E-state index in [-0.39, 0.29) is 0 Å². The molecule has 0 aromatic rings. The van der Waals surface area contributed by atoms with Crippen LogP contribution in [0.4, 0.5) is 4.20 Å². The summed E-state index contributed by atoms with van der Waals surface area (Å²) in [5.41, 5.74) is 0. The van der Waals surface area contributed by atoms with Gasteiger partial charge in [-0.2, -0.15) is 0 Å². The molecule has 0 heterocycles. The molecule has 0 N–H and O–H groups in total. The molecule has 0 saturated carbocycles. The third-order valence-corrected chi connectivity index (χ3v) is 9.98. The average molecular weight is 278 g/mol. The molecule has 0 aromatic heterocycles. The molecule has 0 atom stereocenters. The van der Waals surface area contributed by atoms with Crippen molar-refractivity contribution in [2.24, 2.45) is 5.92 Å². The van der Waals surface area contributed by atoms with E-state index in [9.17, 15) is 0 Å². The molecule has 0 rings (SSSR count). The molecule has 0 unspecified atom stereocenters. The summed E-state index contributed by atoms with van der Waals surface area (Å²) < 4.78 is 16.1. The van der Waals surface area contributed by atoms with E-state index < -0.39 is 6.91 Å². The molecule has 0 nitrogen and oxygen atoms in total. The van der Waals surface area contributed by atoms with Crippen molar-refractivity contribution in [3.8, 4) is 0 Å². The Morgan fingerprint density at radius 2 is 1.11 bits per heavy atom. The quantitative estimate of drug-likeness (QED) is 0.379. The second-order valence-electron chi connectivity index (χ2n) is 6.63. The summed E-state index contributed by atoms with van der Waals surface area (Å²) in [6.07, 6.45) is 10.3. The fraction of sp³-hybridized carbons (Fsp3) is 1.00. The third kappa shape index (κ3) is 6.50. The standard InChI is InChI=1S/C16H36FP/c1-6-9-12-18(17,13-10-7-2,14-11-8-3)15-16(4)5/h16H,6-15H2,1-5H3. The SMILES string of the molecule is CCCCP(F)(CCCC)(CCCC)CC(C)C. The number of rotatable bonds is 11. The van der Waals surface area contributed by atoms with E-state index in [1.807, 2.05) is 0 Å². The van der Waals surface area contributed by atoms with E-state index >= 15 is 4.20 Å². The third-order valence-electron chi connectivity index (χ3n) is 4.03. The molecule has 0 spiro atoms. The van der Waals surface area contributed by atoms with Crippen molar-refractivity contribution < 1.29 is 4.20 Å². The Morgan fingerprint density at radius 3 is 1.33 bits per heavy atom. The van der Waals surface area contributed by atoms with E-state index in [1.165, 1.54) is 0 Å². The van der Waals surface area contributed by atoms with E-state index in [2.05, 4.69) is 34.6 Å². The first-order valence-corrected chi connectivity index (χ1v) is 11.0. The maximum atomic E-state index is 16.1. The predicted octanol–water partition coefficient (Wildman–Crippen LogP) is 6.48. The molecule has 0 amide bonds. The van der Waals surface area contributed by atoms with Crippen LogP contribution >= 0.6 is 6.91 Å². The Bertz CT molecular complexity index is 189. The summed E-state index contributed by atoms with van der Waals surface area (Å²) in [6, 6.07) is 0. The fourth-order valence-corrected chi connectivity index (χ4v) is 9.55. The van der Waals surface area contributed by atoms with Crippen molar-refractivity contribution in [1.29, 1.82) is 0 Å². The molecule has 112 valence electrons. The molecule has 0 radical (unpaired) electrons. The second kappa shape index (κ2) is 8.51. The molecule has 0 aliphatic heterocycles. The molecule has 0 aromatic carbocycles. The Hall–Kier alpha value is 0.360. The Labute approximate surface area is 115 Å². The van der Waals surface area contributed by atoms with E-state index in [4.69, 9.17) is 0 Å². The minimum absolute atomic E-state index is 0.512. The van der Waals surface area contributed by atoms with Gasteiger partial charge in [-0.05, 0) is 0 Å². The van der Waals surface area contributed by atoms with E-state index in [0.717, 1.165) is 63.2 Å².